The first kappa shape index (κ1) is 15.2. The summed E-state index contributed by atoms with van der Waals surface area (Å²) >= 11 is 4.84. The van der Waals surface area contributed by atoms with Gasteiger partial charge in [-0.05, 0) is 34.5 Å². The Bertz CT molecular complexity index is 419. The SMILES string of the molecule is CCCC(CNC(=O)Cc1ccc(Br)s1)C(=O)O. The Morgan fingerprint density at radius 2 is 2.22 bits per heavy atom. The van der Waals surface area contributed by atoms with Crippen LogP contribution in [-0.2, 0) is 16.0 Å². The van der Waals surface area contributed by atoms with Crippen LogP contribution in [0.4, 0.5) is 0 Å². The van der Waals surface area contributed by atoms with Crippen molar-refractivity contribution in [1.29, 1.82) is 0 Å². The van der Waals surface area contributed by atoms with E-state index in [1.807, 2.05) is 19.1 Å². The van der Waals surface area contributed by atoms with Gasteiger partial charge in [0.25, 0.3) is 0 Å². The van der Waals surface area contributed by atoms with Gasteiger partial charge < -0.3 is 10.4 Å². The fraction of sp³-hybridized carbons (Fsp3) is 0.500. The van der Waals surface area contributed by atoms with E-state index in [1.54, 1.807) is 0 Å². The Morgan fingerprint density at radius 1 is 1.50 bits per heavy atom. The first-order chi connectivity index (χ1) is 8.52. The molecular weight excluding hydrogens is 318 g/mol. The van der Waals surface area contributed by atoms with Crippen molar-refractivity contribution in [2.24, 2.45) is 5.92 Å². The molecule has 1 rings (SSSR count). The molecule has 0 aliphatic heterocycles. The zero-order valence-electron chi connectivity index (χ0n) is 10.1. The number of nitrogens with one attached hydrogen (secondary N) is 1. The molecule has 1 aromatic heterocycles. The quantitative estimate of drug-likeness (QED) is 0.806. The highest BCUT2D eigenvalue weighted by molar-refractivity contribution is 9.11. The van der Waals surface area contributed by atoms with Crippen LogP contribution in [0.15, 0.2) is 15.9 Å². The van der Waals surface area contributed by atoms with E-state index in [1.165, 1.54) is 11.3 Å². The molecule has 4 nitrogen and oxygen atoms in total. The molecule has 0 fully saturated rings. The zero-order valence-corrected chi connectivity index (χ0v) is 12.5. The first-order valence-corrected chi connectivity index (χ1v) is 7.37. The molecule has 100 valence electrons. The summed E-state index contributed by atoms with van der Waals surface area (Å²) in [6.45, 7) is 2.13. The van der Waals surface area contributed by atoms with Crippen molar-refractivity contribution in [1.82, 2.24) is 5.32 Å². The first-order valence-electron chi connectivity index (χ1n) is 5.76. The van der Waals surface area contributed by atoms with Crippen LogP contribution in [0.25, 0.3) is 0 Å². The van der Waals surface area contributed by atoms with Gasteiger partial charge in [-0.3, -0.25) is 9.59 Å². The predicted molar refractivity (Wildman–Crippen MR) is 74.8 cm³/mol. The number of thiophene rings is 1. The van der Waals surface area contributed by atoms with Gasteiger partial charge in [-0.25, -0.2) is 0 Å². The number of hydrogen-bond acceptors (Lipinski definition) is 3. The van der Waals surface area contributed by atoms with Crippen molar-refractivity contribution in [3.05, 3.63) is 20.8 Å². The molecule has 1 aromatic rings. The summed E-state index contributed by atoms with van der Waals surface area (Å²) in [6, 6.07) is 3.78. The summed E-state index contributed by atoms with van der Waals surface area (Å²) in [5, 5.41) is 11.6. The largest absolute Gasteiger partial charge is 0.481 e. The number of amides is 1. The fourth-order valence-electron chi connectivity index (χ4n) is 1.57. The summed E-state index contributed by atoms with van der Waals surface area (Å²) in [5.41, 5.74) is 0. The number of rotatable bonds is 7. The zero-order chi connectivity index (χ0) is 13.5. The molecule has 0 aliphatic carbocycles. The van der Waals surface area contributed by atoms with Crippen molar-refractivity contribution < 1.29 is 14.7 Å². The van der Waals surface area contributed by atoms with Gasteiger partial charge in [-0.15, -0.1) is 11.3 Å². The average molecular weight is 334 g/mol. The number of carboxylic acids is 1. The molecule has 6 heteroatoms. The lowest BCUT2D eigenvalue weighted by Gasteiger charge is -2.11. The normalized spacial score (nSPS) is 12.1. The Hall–Kier alpha value is -0.880. The van der Waals surface area contributed by atoms with Crippen molar-refractivity contribution in [2.75, 3.05) is 6.54 Å². The number of carboxylic acid groups (broad SMARTS) is 1. The molecular formula is C12H16BrNO3S. The van der Waals surface area contributed by atoms with Crippen LogP contribution in [0.5, 0.6) is 0 Å². The van der Waals surface area contributed by atoms with E-state index in [2.05, 4.69) is 21.2 Å². The highest BCUT2D eigenvalue weighted by atomic mass is 79.9. The lowest BCUT2D eigenvalue weighted by molar-refractivity contribution is -0.141. The van der Waals surface area contributed by atoms with Gasteiger partial charge in [0.05, 0.1) is 16.1 Å². The van der Waals surface area contributed by atoms with Crippen LogP contribution >= 0.6 is 27.3 Å². The summed E-state index contributed by atoms with van der Waals surface area (Å²) < 4.78 is 0.986. The molecule has 0 saturated heterocycles. The van der Waals surface area contributed by atoms with Crippen molar-refractivity contribution in [2.45, 2.75) is 26.2 Å². The minimum absolute atomic E-state index is 0.133. The van der Waals surface area contributed by atoms with Crippen molar-refractivity contribution >= 4 is 39.1 Å². The van der Waals surface area contributed by atoms with Crippen LogP contribution in [0.1, 0.15) is 24.6 Å². The minimum Gasteiger partial charge on any atom is -0.481 e. The van der Waals surface area contributed by atoms with Gasteiger partial charge >= 0.3 is 5.97 Å². The molecule has 1 heterocycles. The third-order valence-corrected chi connectivity index (χ3v) is 4.12. The van der Waals surface area contributed by atoms with Crippen molar-refractivity contribution in [3.8, 4) is 0 Å². The van der Waals surface area contributed by atoms with E-state index in [-0.39, 0.29) is 12.5 Å². The molecule has 2 N–H and O–H groups in total. The standard InChI is InChI=1S/C12H16BrNO3S/c1-2-3-8(12(16)17)7-14-11(15)6-9-4-5-10(13)18-9/h4-5,8H,2-3,6-7H2,1H3,(H,14,15)(H,16,17). The topological polar surface area (TPSA) is 66.4 Å². The smallest absolute Gasteiger partial charge is 0.308 e. The predicted octanol–water partition coefficient (Wildman–Crippen LogP) is 2.67. The fourth-order valence-corrected chi connectivity index (χ4v) is 3.05. The number of carbonyl (C=O) groups is 2. The Kier molecular flexibility index (Phi) is 6.35. The summed E-state index contributed by atoms with van der Waals surface area (Å²) in [4.78, 5) is 23.5. The summed E-state index contributed by atoms with van der Waals surface area (Å²) in [6.07, 6.45) is 1.68. The summed E-state index contributed by atoms with van der Waals surface area (Å²) in [7, 11) is 0. The van der Waals surface area contributed by atoms with E-state index in [0.29, 0.717) is 12.8 Å². The Balaban J connectivity index is 2.38. The molecule has 0 radical (unpaired) electrons. The van der Waals surface area contributed by atoms with E-state index in [9.17, 15) is 9.59 Å². The lowest BCUT2D eigenvalue weighted by atomic mass is 10.0. The maximum absolute atomic E-state index is 11.6. The van der Waals surface area contributed by atoms with Crippen LogP contribution in [-0.4, -0.2) is 23.5 Å². The molecule has 1 atom stereocenters. The van der Waals surface area contributed by atoms with E-state index in [0.717, 1.165) is 15.1 Å². The molecule has 1 amide bonds. The van der Waals surface area contributed by atoms with Gasteiger partial charge in [0, 0.05) is 11.4 Å². The molecule has 18 heavy (non-hydrogen) atoms. The highest BCUT2D eigenvalue weighted by Crippen LogP contribution is 2.22. The van der Waals surface area contributed by atoms with Gasteiger partial charge in [-0.1, -0.05) is 13.3 Å². The number of aliphatic carboxylic acids is 1. The summed E-state index contributed by atoms with van der Waals surface area (Å²) in [5.74, 6) is -1.48. The van der Waals surface area contributed by atoms with E-state index in [4.69, 9.17) is 5.11 Å². The maximum atomic E-state index is 11.6. The molecule has 0 aromatic carbocycles. The van der Waals surface area contributed by atoms with Gasteiger partial charge in [-0.2, -0.15) is 0 Å². The monoisotopic (exact) mass is 333 g/mol. The third-order valence-electron chi connectivity index (χ3n) is 2.50. The van der Waals surface area contributed by atoms with Gasteiger partial charge in [0.15, 0.2) is 0 Å². The van der Waals surface area contributed by atoms with E-state index >= 15 is 0 Å². The average Bonchev–Trinajstić information content (AvgIpc) is 2.69. The van der Waals surface area contributed by atoms with Crippen LogP contribution < -0.4 is 5.32 Å². The van der Waals surface area contributed by atoms with Crippen molar-refractivity contribution in [3.63, 3.8) is 0 Å². The second kappa shape index (κ2) is 7.53. The van der Waals surface area contributed by atoms with Crippen LogP contribution in [0.3, 0.4) is 0 Å². The van der Waals surface area contributed by atoms with Gasteiger partial charge in [0.2, 0.25) is 5.91 Å². The second-order valence-corrected chi connectivity index (χ2v) is 6.56. The number of hydrogen-bond donors (Lipinski definition) is 2. The van der Waals surface area contributed by atoms with E-state index < -0.39 is 11.9 Å². The second-order valence-electron chi connectivity index (χ2n) is 4.01. The Labute approximate surface area is 119 Å². The van der Waals surface area contributed by atoms with Gasteiger partial charge in [0.1, 0.15) is 0 Å². The lowest BCUT2D eigenvalue weighted by Crippen LogP contribution is -2.33. The number of halogens is 1. The maximum Gasteiger partial charge on any atom is 0.308 e. The molecule has 0 bridgehead atoms. The molecule has 0 spiro atoms. The third kappa shape index (κ3) is 5.18. The highest BCUT2D eigenvalue weighted by Gasteiger charge is 2.17. The minimum atomic E-state index is -0.851. The molecule has 0 saturated carbocycles. The van der Waals surface area contributed by atoms with Crippen LogP contribution in [0, 0.1) is 5.92 Å². The number of carbonyl (C=O) groups excluding carboxylic acids is 1. The Morgan fingerprint density at radius 3 is 2.72 bits per heavy atom. The molecule has 0 aliphatic rings. The van der Waals surface area contributed by atoms with Crippen LogP contribution in [0.2, 0.25) is 0 Å². The molecule has 1 unspecified atom stereocenters.